The van der Waals surface area contributed by atoms with Crippen LogP contribution in [0.1, 0.15) is 37.6 Å². The van der Waals surface area contributed by atoms with Crippen molar-refractivity contribution >= 4 is 29.4 Å². The van der Waals surface area contributed by atoms with Gasteiger partial charge in [-0.25, -0.2) is 4.79 Å². The van der Waals surface area contributed by atoms with Crippen molar-refractivity contribution < 1.29 is 19.1 Å². The highest BCUT2D eigenvalue weighted by molar-refractivity contribution is 6.33. The molecule has 7 heteroatoms. The molecular weight excluding hydrogens is 332 g/mol. The molecule has 0 unspecified atom stereocenters. The molecule has 0 bridgehead atoms. The predicted molar refractivity (Wildman–Crippen MR) is 91.8 cm³/mol. The number of carbonyl (C=O) groups is 3. The van der Waals surface area contributed by atoms with Crippen molar-refractivity contribution in [2.75, 3.05) is 13.2 Å². The van der Waals surface area contributed by atoms with Gasteiger partial charge in [-0.15, -0.1) is 0 Å². The van der Waals surface area contributed by atoms with E-state index < -0.39 is 17.9 Å². The molecule has 2 amide bonds. The van der Waals surface area contributed by atoms with Crippen LogP contribution in [0.2, 0.25) is 5.02 Å². The fourth-order valence-electron chi connectivity index (χ4n) is 1.90. The third-order valence-electron chi connectivity index (χ3n) is 3.24. The van der Waals surface area contributed by atoms with Crippen molar-refractivity contribution in [3.8, 4) is 0 Å². The van der Waals surface area contributed by atoms with Crippen molar-refractivity contribution in [1.29, 1.82) is 0 Å². The largest absolute Gasteiger partial charge is 0.454 e. The first-order valence-corrected chi connectivity index (χ1v) is 8.23. The normalized spacial score (nSPS) is 11.7. The average molecular weight is 355 g/mol. The summed E-state index contributed by atoms with van der Waals surface area (Å²) in [6, 6.07) is 5.69. The second kappa shape index (κ2) is 9.93. The number of halogens is 1. The first kappa shape index (κ1) is 20.0. The van der Waals surface area contributed by atoms with E-state index in [9.17, 15) is 14.4 Å². The molecule has 0 saturated carbocycles. The van der Waals surface area contributed by atoms with Gasteiger partial charge in [-0.1, -0.05) is 44.5 Å². The number of rotatable bonds is 8. The Morgan fingerprint density at radius 1 is 1.21 bits per heavy atom. The van der Waals surface area contributed by atoms with Gasteiger partial charge in [0.05, 0.1) is 10.6 Å². The minimum absolute atomic E-state index is 0.206. The molecule has 1 aromatic carbocycles. The molecule has 0 aliphatic heterocycles. The first-order valence-electron chi connectivity index (χ1n) is 7.85. The molecule has 2 N–H and O–H groups in total. The third kappa shape index (κ3) is 6.20. The fraction of sp³-hybridized carbons (Fsp3) is 0.471. The molecule has 1 atom stereocenters. The summed E-state index contributed by atoms with van der Waals surface area (Å²) in [4.78, 5) is 35.9. The quantitative estimate of drug-likeness (QED) is 0.701. The Labute approximate surface area is 146 Å². The number of ether oxygens (including phenoxy) is 1. The van der Waals surface area contributed by atoms with E-state index in [1.54, 1.807) is 38.1 Å². The van der Waals surface area contributed by atoms with Crippen molar-refractivity contribution in [1.82, 2.24) is 10.6 Å². The van der Waals surface area contributed by atoms with Gasteiger partial charge in [0.2, 0.25) is 0 Å². The van der Waals surface area contributed by atoms with E-state index in [0.717, 1.165) is 6.42 Å². The van der Waals surface area contributed by atoms with Gasteiger partial charge in [-0.05, 0) is 24.5 Å². The van der Waals surface area contributed by atoms with Crippen LogP contribution in [0.15, 0.2) is 24.3 Å². The van der Waals surface area contributed by atoms with E-state index in [4.69, 9.17) is 16.3 Å². The highest BCUT2D eigenvalue weighted by Gasteiger charge is 2.27. The molecule has 6 nitrogen and oxygen atoms in total. The second-order valence-electron chi connectivity index (χ2n) is 5.63. The molecule has 0 aliphatic rings. The first-order chi connectivity index (χ1) is 11.4. The summed E-state index contributed by atoms with van der Waals surface area (Å²) in [6.07, 6.45) is 0.794. The zero-order valence-electron chi connectivity index (χ0n) is 14.1. The van der Waals surface area contributed by atoms with Crippen molar-refractivity contribution in [3.63, 3.8) is 0 Å². The van der Waals surface area contributed by atoms with Crippen LogP contribution in [0.4, 0.5) is 0 Å². The molecule has 1 rings (SSSR count). The van der Waals surface area contributed by atoms with E-state index in [0.29, 0.717) is 11.6 Å². The van der Waals surface area contributed by atoms with Crippen molar-refractivity contribution in [2.24, 2.45) is 5.92 Å². The Morgan fingerprint density at radius 3 is 2.46 bits per heavy atom. The van der Waals surface area contributed by atoms with Gasteiger partial charge in [0.25, 0.3) is 11.8 Å². The van der Waals surface area contributed by atoms with Crippen molar-refractivity contribution in [2.45, 2.75) is 33.2 Å². The lowest BCUT2D eigenvalue weighted by Crippen LogP contribution is -2.46. The van der Waals surface area contributed by atoms with Gasteiger partial charge in [0.1, 0.15) is 6.04 Å². The number of hydrogen-bond donors (Lipinski definition) is 2. The summed E-state index contributed by atoms with van der Waals surface area (Å²) >= 11 is 5.98. The van der Waals surface area contributed by atoms with Crippen molar-refractivity contribution in [3.05, 3.63) is 34.9 Å². The van der Waals surface area contributed by atoms with Gasteiger partial charge in [-0.2, -0.15) is 0 Å². The third-order valence-corrected chi connectivity index (χ3v) is 3.57. The Balaban J connectivity index is 2.66. The zero-order chi connectivity index (χ0) is 18.1. The molecular formula is C17H23ClN2O4. The summed E-state index contributed by atoms with van der Waals surface area (Å²) in [5.74, 6) is -1.70. The topological polar surface area (TPSA) is 84.5 Å². The minimum Gasteiger partial charge on any atom is -0.454 e. The minimum atomic E-state index is -0.868. The highest BCUT2D eigenvalue weighted by Crippen LogP contribution is 2.15. The lowest BCUT2D eigenvalue weighted by Gasteiger charge is -2.21. The molecule has 0 aromatic heterocycles. The maximum Gasteiger partial charge on any atom is 0.329 e. The van der Waals surface area contributed by atoms with Crippen LogP contribution in [0.3, 0.4) is 0 Å². The van der Waals surface area contributed by atoms with Gasteiger partial charge in [0.15, 0.2) is 6.61 Å². The van der Waals surface area contributed by atoms with E-state index in [1.807, 2.05) is 6.92 Å². The Bertz CT molecular complexity index is 590. The van der Waals surface area contributed by atoms with Gasteiger partial charge >= 0.3 is 5.97 Å². The van der Waals surface area contributed by atoms with Crippen LogP contribution >= 0.6 is 11.6 Å². The van der Waals surface area contributed by atoms with E-state index in [-0.39, 0.29) is 24.0 Å². The molecule has 0 aliphatic carbocycles. The average Bonchev–Trinajstić information content (AvgIpc) is 2.55. The predicted octanol–water partition coefficient (Wildman–Crippen LogP) is 2.16. The fourth-order valence-corrected chi connectivity index (χ4v) is 2.13. The molecule has 0 fully saturated rings. The maximum absolute atomic E-state index is 12.3. The van der Waals surface area contributed by atoms with Crippen LogP contribution in [0.25, 0.3) is 0 Å². The highest BCUT2D eigenvalue weighted by atomic mass is 35.5. The molecule has 132 valence electrons. The Morgan fingerprint density at radius 2 is 1.88 bits per heavy atom. The summed E-state index contributed by atoms with van der Waals surface area (Å²) in [5, 5.41) is 5.52. The number of amides is 2. The number of benzene rings is 1. The molecule has 0 heterocycles. The molecule has 0 spiro atoms. The summed E-state index contributed by atoms with van der Waals surface area (Å²) in [7, 11) is 0. The maximum atomic E-state index is 12.3. The Hall–Kier alpha value is -2.08. The number of carbonyl (C=O) groups excluding carboxylic acids is 3. The smallest absolute Gasteiger partial charge is 0.329 e. The Kier molecular flexibility index (Phi) is 8.26. The number of hydrogen-bond acceptors (Lipinski definition) is 4. The van der Waals surface area contributed by atoms with Gasteiger partial charge in [-0.3, -0.25) is 9.59 Å². The standard InChI is InChI=1S/C17H23ClN2O4/c1-4-9-19-14(21)10-24-17(23)15(11(2)3)20-16(22)12-7-5-6-8-13(12)18/h5-8,11,15H,4,9-10H2,1-3H3,(H,19,21)(H,20,22)/t15-/m0/s1. The van der Waals surface area contributed by atoms with Crippen LogP contribution in [-0.4, -0.2) is 37.0 Å². The lowest BCUT2D eigenvalue weighted by atomic mass is 10.0. The number of nitrogens with one attached hydrogen (secondary N) is 2. The second-order valence-corrected chi connectivity index (χ2v) is 6.04. The van der Waals surface area contributed by atoms with Gasteiger partial charge in [0, 0.05) is 6.54 Å². The monoisotopic (exact) mass is 354 g/mol. The lowest BCUT2D eigenvalue weighted by molar-refractivity contribution is -0.151. The van der Waals surface area contributed by atoms with E-state index in [2.05, 4.69) is 10.6 Å². The molecule has 1 aromatic rings. The van der Waals surface area contributed by atoms with E-state index in [1.165, 1.54) is 0 Å². The zero-order valence-corrected chi connectivity index (χ0v) is 14.9. The molecule has 0 radical (unpaired) electrons. The van der Waals surface area contributed by atoms with Crippen LogP contribution in [0, 0.1) is 5.92 Å². The summed E-state index contributed by atoms with van der Waals surface area (Å²) in [5.41, 5.74) is 0.276. The van der Waals surface area contributed by atoms with Gasteiger partial charge < -0.3 is 15.4 Å². The number of esters is 1. The molecule has 0 saturated heterocycles. The van der Waals surface area contributed by atoms with Crippen LogP contribution in [-0.2, 0) is 14.3 Å². The summed E-state index contributed by atoms with van der Waals surface area (Å²) < 4.78 is 4.99. The van der Waals surface area contributed by atoms with Crippen LogP contribution < -0.4 is 10.6 Å². The summed E-state index contributed by atoms with van der Waals surface area (Å²) in [6.45, 7) is 5.62. The SMILES string of the molecule is CCCNC(=O)COC(=O)[C@@H](NC(=O)c1ccccc1Cl)C(C)C. The van der Waals surface area contributed by atoms with Crippen LogP contribution in [0.5, 0.6) is 0 Å². The molecule has 24 heavy (non-hydrogen) atoms. The van der Waals surface area contributed by atoms with E-state index >= 15 is 0 Å².